The summed E-state index contributed by atoms with van der Waals surface area (Å²) in [4.78, 5) is 21.2. The van der Waals surface area contributed by atoms with Gasteiger partial charge in [0.05, 0.1) is 12.5 Å². The Hall–Kier alpha value is -1.43. The quantitative estimate of drug-likeness (QED) is 0.854. The third-order valence-corrected chi connectivity index (χ3v) is 4.88. The summed E-state index contributed by atoms with van der Waals surface area (Å²) in [5, 5.41) is 3.88. The van der Waals surface area contributed by atoms with Crippen molar-refractivity contribution in [2.75, 3.05) is 26.2 Å². The van der Waals surface area contributed by atoms with Gasteiger partial charge in [-0.3, -0.25) is 9.69 Å². The van der Waals surface area contributed by atoms with Gasteiger partial charge < -0.3 is 9.42 Å². The van der Waals surface area contributed by atoms with Gasteiger partial charge in [0.25, 0.3) is 0 Å². The van der Waals surface area contributed by atoms with Gasteiger partial charge in [0.2, 0.25) is 11.8 Å². The second kappa shape index (κ2) is 6.77. The zero-order valence-corrected chi connectivity index (χ0v) is 13.6. The smallest absolute Gasteiger partial charge is 0.236 e. The average molecular weight is 306 g/mol. The zero-order valence-electron chi connectivity index (χ0n) is 13.6. The van der Waals surface area contributed by atoms with Crippen LogP contribution in [0.2, 0.25) is 0 Å². The van der Waals surface area contributed by atoms with Crippen LogP contribution < -0.4 is 0 Å². The van der Waals surface area contributed by atoms with Crippen molar-refractivity contribution in [3.63, 3.8) is 0 Å². The Kier molecular flexibility index (Phi) is 4.76. The molecule has 1 amide bonds. The predicted octanol–water partition coefficient (Wildman–Crippen LogP) is 1.96. The van der Waals surface area contributed by atoms with Crippen LogP contribution in [0.15, 0.2) is 4.52 Å². The molecular formula is C16H26N4O2. The fourth-order valence-electron chi connectivity index (χ4n) is 3.63. The molecule has 1 aromatic heterocycles. The lowest BCUT2D eigenvalue weighted by Gasteiger charge is -2.36. The monoisotopic (exact) mass is 306 g/mol. The number of aryl methyl sites for hydroxylation is 1. The van der Waals surface area contributed by atoms with Crippen LogP contribution in [-0.4, -0.2) is 58.1 Å². The van der Waals surface area contributed by atoms with E-state index in [0.717, 1.165) is 51.2 Å². The molecule has 122 valence electrons. The van der Waals surface area contributed by atoms with E-state index in [1.807, 2.05) is 6.92 Å². The number of carbonyl (C=O) groups is 1. The van der Waals surface area contributed by atoms with Crippen molar-refractivity contribution in [3.05, 3.63) is 11.7 Å². The Morgan fingerprint density at radius 2 is 2.14 bits per heavy atom. The summed E-state index contributed by atoms with van der Waals surface area (Å²) in [6.07, 6.45) is 5.66. The lowest BCUT2D eigenvalue weighted by molar-refractivity contribution is -0.136. The summed E-state index contributed by atoms with van der Waals surface area (Å²) < 4.78 is 5.31. The highest BCUT2D eigenvalue weighted by molar-refractivity contribution is 5.78. The van der Waals surface area contributed by atoms with Crippen molar-refractivity contribution in [1.82, 2.24) is 19.9 Å². The normalized spacial score (nSPS) is 27.1. The fourth-order valence-corrected chi connectivity index (χ4v) is 3.63. The molecule has 0 N–H and O–H groups in total. The lowest BCUT2D eigenvalue weighted by Crippen LogP contribution is -2.48. The first kappa shape index (κ1) is 15.5. The molecule has 22 heavy (non-hydrogen) atoms. The summed E-state index contributed by atoms with van der Waals surface area (Å²) in [5.74, 6) is 1.95. The van der Waals surface area contributed by atoms with Gasteiger partial charge in [-0.1, -0.05) is 5.16 Å². The van der Waals surface area contributed by atoms with E-state index in [0.29, 0.717) is 18.4 Å². The average Bonchev–Trinajstić information content (AvgIpc) is 2.94. The molecule has 6 heteroatoms. The van der Waals surface area contributed by atoms with E-state index in [4.69, 9.17) is 4.52 Å². The highest BCUT2D eigenvalue weighted by Gasteiger charge is 2.29. The third kappa shape index (κ3) is 3.48. The van der Waals surface area contributed by atoms with Crippen molar-refractivity contribution in [1.29, 1.82) is 0 Å². The first-order valence-electron chi connectivity index (χ1n) is 8.45. The number of likely N-dealkylation sites (tertiary alicyclic amines) is 2. The molecule has 0 radical (unpaired) electrons. The van der Waals surface area contributed by atoms with Crippen molar-refractivity contribution in [2.24, 2.45) is 0 Å². The number of amides is 1. The number of hydrogen-bond donors (Lipinski definition) is 0. The topological polar surface area (TPSA) is 62.5 Å². The Morgan fingerprint density at radius 3 is 2.86 bits per heavy atom. The van der Waals surface area contributed by atoms with Crippen LogP contribution in [0.4, 0.5) is 0 Å². The van der Waals surface area contributed by atoms with Crippen LogP contribution in [0.3, 0.4) is 0 Å². The summed E-state index contributed by atoms with van der Waals surface area (Å²) >= 11 is 0. The van der Waals surface area contributed by atoms with Crippen molar-refractivity contribution >= 4 is 5.91 Å². The van der Waals surface area contributed by atoms with Gasteiger partial charge in [-0.05, 0) is 52.5 Å². The molecule has 2 unspecified atom stereocenters. The van der Waals surface area contributed by atoms with E-state index in [1.165, 1.54) is 6.42 Å². The van der Waals surface area contributed by atoms with Gasteiger partial charge >= 0.3 is 0 Å². The van der Waals surface area contributed by atoms with Crippen LogP contribution in [0, 0.1) is 6.92 Å². The molecular weight excluding hydrogens is 280 g/mol. The number of nitrogens with zero attached hydrogens (tertiary/aromatic N) is 4. The van der Waals surface area contributed by atoms with Crippen LogP contribution in [0.5, 0.6) is 0 Å². The maximum atomic E-state index is 12.6. The van der Waals surface area contributed by atoms with Crippen LogP contribution in [0.25, 0.3) is 0 Å². The zero-order chi connectivity index (χ0) is 15.5. The molecule has 3 heterocycles. The van der Waals surface area contributed by atoms with Crippen LogP contribution in [-0.2, 0) is 4.79 Å². The van der Waals surface area contributed by atoms with Crippen molar-refractivity contribution in [3.8, 4) is 0 Å². The first-order valence-corrected chi connectivity index (χ1v) is 8.45. The van der Waals surface area contributed by atoms with Crippen LogP contribution in [0.1, 0.15) is 56.7 Å². The summed E-state index contributed by atoms with van der Waals surface area (Å²) in [6, 6.07) is 0.389. The Bertz CT molecular complexity index is 516. The predicted molar refractivity (Wildman–Crippen MR) is 82.5 cm³/mol. The van der Waals surface area contributed by atoms with Gasteiger partial charge in [-0.15, -0.1) is 0 Å². The molecule has 1 aromatic rings. The second-order valence-electron chi connectivity index (χ2n) is 6.69. The van der Waals surface area contributed by atoms with Crippen molar-refractivity contribution < 1.29 is 9.32 Å². The molecule has 0 bridgehead atoms. The first-order chi connectivity index (χ1) is 10.6. The van der Waals surface area contributed by atoms with E-state index in [2.05, 4.69) is 26.9 Å². The maximum absolute atomic E-state index is 12.6. The molecule has 0 spiro atoms. The molecule has 0 saturated carbocycles. The molecule has 0 aromatic carbocycles. The number of piperidine rings is 2. The minimum absolute atomic E-state index is 0.265. The second-order valence-corrected chi connectivity index (χ2v) is 6.69. The van der Waals surface area contributed by atoms with E-state index in [1.54, 1.807) is 0 Å². The van der Waals surface area contributed by atoms with E-state index in [-0.39, 0.29) is 11.8 Å². The van der Waals surface area contributed by atoms with Gasteiger partial charge in [0.15, 0.2) is 5.82 Å². The molecule has 2 fully saturated rings. The standard InChI is InChI=1S/C16H26N4O2/c1-12-6-3-4-9-20(12)15(21)11-19-8-5-7-14(10-19)16-17-13(2)18-22-16/h12,14H,3-11H2,1-2H3. The highest BCUT2D eigenvalue weighted by Crippen LogP contribution is 2.26. The van der Waals surface area contributed by atoms with Gasteiger partial charge in [0, 0.05) is 19.1 Å². The number of aromatic nitrogens is 2. The SMILES string of the molecule is Cc1noc(C2CCCN(CC(=O)N3CCCCC3C)C2)n1. The molecule has 2 saturated heterocycles. The number of rotatable bonds is 3. The fraction of sp³-hybridized carbons (Fsp3) is 0.812. The van der Waals surface area contributed by atoms with E-state index < -0.39 is 0 Å². The van der Waals surface area contributed by atoms with E-state index in [9.17, 15) is 4.79 Å². The molecule has 6 nitrogen and oxygen atoms in total. The highest BCUT2D eigenvalue weighted by atomic mass is 16.5. The van der Waals surface area contributed by atoms with Gasteiger partial charge in [-0.2, -0.15) is 4.98 Å². The summed E-state index contributed by atoms with van der Waals surface area (Å²) in [6.45, 7) is 7.27. The lowest BCUT2D eigenvalue weighted by atomic mass is 9.97. The molecule has 2 aliphatic rings. The Labute approximate surface area is 131 Å². The summed E-state index contributed by atoms with van der Waals surface area (Å²) in [7, 11) is 0. The molecule has 2 aliphatic heterocycles. The van der Waals surface area contributed by atoms with Crippen molar-refractivity contribution in [2.45, 2.75) is 57.9 Å². The minimum atomic E-state index is 0.265. The van der Waals surface area contributed by atoms with Crippen LogP contribution >= 0.6 is 0 Å². The Balaban J connectivity index is 1.57. The molecule has 0 aliphatic carbocycles. The number of hydrogen-bond acceptors (Lipinski definition) is 5. The van der Waals surface area contributed by atoms with Gasteiger partial charge in [0.1, 0.15) is 0 Å². The Morgan fingerprint density at radius 1 is 1.27 bits per heavy atom. The minimum Gasteiger partial charge on any atom is -0.339 e. The largest absolute Gasteiger partial charge is 0.339 e. The summed E-state index contributed by atoms with van der Waals surface area (Å²) in [5.41, 5.74) is 0. The number of carbonyl (C=O) groups excluding carboxylic acids is 1. The third-order valence-electron chi connectivity index (χ3n) is 4.88. The molecule has 2 atom stereocenters. The van der Waals surface area contributed by atoms with E-state index >= 15 is 0 Å². The molecule has 3 rings (SSSR count). The maximum Gasteiger partial charge on any atom is 0.236 e. The van der Waals surface area contributed by atoms with Gasteiger partial charge in [-0.25, -0.2) is 0 Å².